The lowest BCUT2D eigenvalue weighted by Gasteiger charge is -2.19. The summed E-state index contributed by atoms with van der Waals surface area (Å²) in [6.45, 7) is 2.66. The van der Waals surface area contributed by atoms with Crippen molar-refractivity contribution in [2.75, 3.05) is 20.7 Å². The summed E-state index contributed by atoms with van der Waals surface area (Å²) in [7, 11) is 3.37. The monoisotopic (exact) mass is 363 g/mol. The van der Waals surface area contributed by atoms with Crippen LogP contribution in [0.5, 0.6) is 5.75 Å². The number of alkyl halides is 1. The predicted octanol–water partition coefficient (Wildman–Crippen LogP) is 3.31. The molecule has 0 heterocycles. The lowest BCUT2D eigenvalue weighted by molar-refractivity contribution is 0.0796. The summed E-state index contributed by atoms with van der Waals surface area (Å²) >= 11 is 6.81. The first-order valence-electron chi connectivity index (χ1n) is 5.18. The van der Waals surface area contributed by atoms with Crippen LogP contribution in [0.2, 0.25) is 0 Å². The van der Waals surface area contributed by atoms with Gasteiger partial charge in [0.05, 0.1) is 12.7 Å². The molecule has 0 saturated heterocycles. The molecule has 1 amide bonds. The highest BCUT2D eigenvalue weighted by Gasteiger charge is 2.16. The van der Waals surface area contributed by atoms with Gasteiger partial charge in [0.15, 0.2) is 0 Å². The Balaban J connectivity index is 2.94. The third-order valence-corrected chi connectivity index (χ3v) is 3.26. The van der Waals surface area contributed by atoms with Gasteiger partial charge in [-0.15, -0.1) is 0 Å². The molecule has 0 fully saturated rings. The van der Waals surface area contributed by atoms with Crippen LogP contribution in [0.4, 0.5) is 0 Å². The highest BCUT2D eigenvalue weighted by Crippen LogP contribution is 2.23. The van der Waals surface area contributed by atoms with Crippen LogP contribution in [-0.4, -0.2) is 36.3 Å². The Morgan fingerprint density at radius 3 is 2.71 bits per heavy atom. The molecule has 0 spiro atoms. The molecule has 0 saturated carbocycles. The lowest BCUT2D eigenvalue weighted by atomic mass is 10.2. The van der Waals surface area contributed by atoms with Gasteiger partial charge in [-0.05, 0) is 34.1 Å². The second-order valence-corrected chi connectivity index (χ2v) is 6.23. The van der Waals surface area contributed by atoms with Gasteiger partial charge in [0.25, 0.3) is 5.91 Å². The largest absolute Gasteiger partial charge is 0.497 e. The van der Waals surface area contributed by atoms with Gasteiger partial charge in [-0.3, -0.25) is 4.79 Å². The minimum Gasteiger partial charge on any atom is -0.497 e. The fourth-order valence-corrected chi connectivity index (χ4v) is 2.31. The number of hydrogen-bond acceptors (Lipinski definition) is 2. The zero-order valence-corrected chi connectivity index (χ0v) is 13.2. The van der Waals surface area contributed by atoms with Crippen molar-refractivity contribution in [1.29, 1.82) is 0 Å². The Bertz CT molecular complexity index is 407. The summed E-state index contributed by atoms with van der Waals surface area (Å²) in [4.78, 5) is 14.1. The maximum Gasteiger partial charge on any atom is 0.254 e. The van der Waals surface area contributed by atoms with Crippen LogP contribution in [0.15, 0.2) is 22.7 Å². The average molecular weight is 365 g/mol. The van der Waals surface area contributed by atoms with Gasteiger partial charge in [-0.2, -0.15) is 0 Å². The molecule has 0 aliphatic rings. The molecule has 0 aliphatic carbocycles. The number of halogens is 2. The first kappa shape index (κ1) is 14.5. The van der Waals surface area contributed by atoms with E-state index in [1.807, 2.05) is 19.1 Å². The fraction of sp³-hybridized carbons (Fsp3) is 0.417. The van der Waals surface area contributed by atoms with E-state index >= 15 is 0 Å². The molecule has 0 aliphatic heterocycles. The zero-order chi connectivity index (χ0) is 13.0. The molecule has 0 bridgehead atoms. The third kappa shape index (κ3) is 4.00. The van der Waals surface area contributed by atoms with E-state index in [-0.39, 0.29) is 10.7 Å². The van der Waals surface area contributed by atoms with Crippen LogP contribution in [0.25, 0.3) is 0 Å². The summed E-state index contributed by atoms with van der Waals surface area (Å²) in [6, 6.07) is 5.37. The fourth-order valence-electron chi connectivity index (χ4n) is 1.46. The molecule has 1 unspecified atom stereocenters. The molecule has 94 valence electrons. The summed E-state index contributed by atoms with van der Waals surface area (Å²) in [5.74, 6) is 0.652. The second-order valence-electron chi connectivity index (χ2n) is 3.81. The maximum absolute atomic E-state index is 12.2. The molecule has 5 heteroatoms. The second kappa shape index (κ2) is 6.40. The van der Waals surface area contributed by atoms with Crippen molar-refractivity contribution in [3.63, 3.8) is 0 Å². The van der Waals surface area contributed by atoms with Crippen LogP contribution >= 0.6 is 31.9 Å². The first-order chi connectivity index (χ1) is 7.95. The first-order valence-corrected chi connectivity index (χ1v) is 6.89. The Labute approximate surface area is 118 Å². The summed E-state index contributed by atoms with van der Waals surface area (Å²) in [6.07, 6.45) is 0. The average Bonchev–Trinajstić information content (AvgIpc) is 2.28. The van der Waals surface area contributed by atoms with E-state index < -0.39 is 0 Å². The lowest BCUT2D eigenvalue weighted by Crippen LogP contribution is -2.31. The van der Waals surface area contributed by atoms with Gasteiger partial charge in [0.2, 0.25) is 0 Å². The van der Waals surface area contributed by atoms with Gasteiger partial charge in [-0.25, -0.2) is 0 Å². The molecular formula is C12H15Br2NO2. The van der Waals surface area contributed by atoms with Crippen molar-refractivity contribution in [1.82, 2.24) is 4.90 Å². The number of hydrogen-bond donors (Lipinski definition) is 0. The number of rotatable bonds is 4. The van der Waals surface area contributed by atoms with Crippen LogP contribution in [0.3, 0.4) is 0 Å². The normalized spacial score (nSPS) is 12.1. The predicted molar refractivity (Wildman–Crippen MR) is 76.0 cm³/mol. The van der Waals surface area contributed by atoms with Gasteiger partial charge < -0.3 is 9.64 Å². The van der Waals surface area contributed by atoms with Crippen molar-refractivity contribution in [3.8, 4) is 5.75 Å². The topological polar surface area (TPSA) is 29.5 Å². The van der Waals surface area contributed by atoms with Crippen molar-refractivity contribution in [2.45, 2.75) is 11.8 Å². The van der Waals surface area contributed by atoms with Crippen molar-refractivity contribution >= 4 is 37.8 Å². The number of carbonyl (C=O) groups excluding carboxylic acids is 1. The summed E-state index contributed by atoms with van der Waals surface area (Å²) < 4.78 is 5.90. The number of benzene rings is 1. The van der Waals surface area contributed by atoms with E-state index in [1.165, 1.54) is 0 Å². The number of carbonyl (C=O) groups is 1. The summed E-state index contributed by atoms with van der Waals surface area (Å²) in [5.41, 5.74) is 0.611. The quantitative estimate of drug-likeness (QED) is 0.767. The van der Waals surface area contributed by atoms with Gasteiger partial charge >= 0.3 is 0 Å². The standard InChI is InChI=1S/C12H15Br2NO2/c1-8(13)7-15(2)12(16)10-6-9(17-3)4-5-11(10)14/h4-6,8H,7H2,1-3H3. The molecular weight excluding hydrogens is 350 g/mol. The number of amides is 1. The van der Waals surface area contributed by atoms with Crippen LogP contribution in [0, 0.1) is 0 Å². The molecule has 1 aromatic rings. The van der Waals surface area contributed by atoms with Gasteiger partial charge in [-0.1, -0.05) is 22.9 Å². The maximum atomic E-state index is 12.2. The van der Waals surface area contributed by atoms with Crippen molar-refractivity contribution in [2.24, 2.45) is 0 Å². The van der Waals surface area contributed by atoms with E-state index in [1.54, 1.807) is 25.1 Å². The van der Waals surface area contributed by atoms with Crippen molar-refractivity contribution in [3.05, 3.63) is 28.2 Å². The van der Waals surface area contributed by atoms with Gasteiger partial charge in [0, 0.05) is 22.9 Å². The van der Waals surface area contributed by atoms with Crippen molar-refractivity contribution < 1.29 is 9.53 Å². The molecule has 1 atom stereocenters. The Morgan fingerprint density at radius 1 is 1.53 bits per heavy atom. The van der Waals surface area contributed by atoms with E-state index in [0.717, 1.165) is 4.47 Å². The Morgan fingerprint density at radius 2 is 2.18 bits per heavy atom. The van der Waals surface area contributed by atoms with Gasteiger partial charge in [0.1, 0.15) is 5.75 Å². The van der Waals surface area contributed by atoms with Crippen LogP contribution in [0.1, 0.15) is 17.3 Å². The third-order valence-electron chi connectivity index (χ3n) is 2.28. The minimum absolute atomic E-state index is 0.0259. The summed E-state index contributed by atoms with van der Waals surface area (Å²) in [5, 5.41) is 0. The Hall–Kier alpha value is -0.550. The van der Waals surface area contributed by atoms with Crippen LogP contribution < -0.4 is 4.74 Å². The molecule has 1 aromatic carbocycles. The smallest absolute Gasteiger partial charge is 0.254 e. The molecule has 1 rings (SSSR count). The highest BCUT2D eigenvalue weighted by atomic mass is 79.9. The van der Waals surface area contributed by atoms with E-state index in [4.69, 9.17) is 4.74 Å². The van der Waals surface area contributed by atoms with E-state index in [9.17, 15) is 4.79 Å². The van der Waals surface area contributed by atoms with Crippen LogP contribution in [-0.2, 0) is 0 Å². The number of ether oxygens (including phenoxy) is 1. The minimum atomic E-state index is -0.0259. The Kier molecular flexibility index (Phi) is 5.46. The highest BCUT2D eigenvalue weighted by molar-refractivity contribution is 9.10. The molecule has 3 nitrogen and oxygen atoms in total. The van der Waals surface area contributed by atoms with E-state index in [0.29, 0.717) is 17.9 Å². The van der Waals surface area contributed by atoms with E-state index in [2.05, 4.69) is 31.9 Å². The number of nitrogens with zero attached hydrogens (tertiary/aromatic N) is 1. The number of methoxy groups -OCH3 is 1. The molecule has 17 heavy (non-hydrogen) atoms. The SMILES string of the molecule is COc1ccc(Br)c(C(=O)N(C)CC(C)Br)c1. The molecule has 0 aromatic heterocycles. The molecule has 0 radical (unpaired) electrons. The molecule has 0 N–H and O–H groups in total. The zero-order valence-electron chi connectivity index (χ0n) is 10.0.